The monoisotopic (exact) mass is 592 g/mol. The van der Waals surface area contributed by atoms with Crippen LogP contribution in [0.4, 0.5) is 16.2 Å². The molecule has 42 heavy (non-hydrogen) atoms. The Kier molecular flexibility index (Phi) is 9.20. The molecule has 1 unspecified atom stereocenters. The molecule has 2 aliphatic rings. The van der Waals surface area contributed by atoms with Gasteiger partial charge in [-0.3, -0.25) is 14.9 Å². The van der Waals surface area contributed by atoms with Crippen LogP contribution in [0.3, 0.4) is 0 Å². The summed E-state index contributed by atoms with van der Waals surface area (Å²) < 4.78 is 31.9. The molecule has 0 radical (unpaired) electrons. The van der Waals surface area contributed by atoms with E-state index in [1.54, 1.807) is 51.2 Å². The third-order valence-electron chi connectivity index (χ3n) is 7.27. The van der Waals surface area contributed by atoms with E-state index in [0.717, 1.165) is 11.1 Å². The SMILES string of the molecule is CCc1cc2ccc1CCOC(=O)Nc1ccc(S(=O)(=O)C(C)C)c(c1)CN(C)C(=O)C2Nc1cccc(C(N)=O)c1. The van der Waals surface area contributed by atoms with Crippen molar-refractivity contribution in [3.05, 3.63) is 88.5 Å². The van der Waals surface area contributed by atoms with Gasteiger partial charge in [0.1, 0.15) is 6.04 Å². The second-order valence-electron chi connectivity index (χ2n) is 10.5. The molecule has 11 heteroatoms. The fourth-order valence-electron chi connectivity index (χ4n) is 4.89. The third-order valence-corrected chi connectivity index (χ3v) is 9.52. The Hall–Kier alpha value is -4.38. The first kappa shape index (κ1) is 30.6. The zero-order valence-corrected chi connectivity index (χ0v) is 25.0. The lowest BCUT2D eigenvalue weighted by molar-refractivity contribution is -0.131. The molecule has 0 aromatic heterocycles. The summed E-state index contributed by atoms with van der Waals surface area (Å²) in [6, 6.07) is 15.9. The van der Waals surface area contributed by atoms with Crippen LogP contribution in [0.5, 0.6) is 0 Å². The van der Waals surface area contributed by atoms with Gasteiger partial charge in [0.15, 0.2) is 9.84 Å². The molecule has 10 nitrogen and oxygen atoms in total. The number of sulfone groups is 1. The van der Waals surface area contributed by atoms with Crippen molar-refractivity contribution >= 4 is 39.1 Å². The number of likely N-dealkylation sites (N-methyl/N-ethyl adjacent to an activating group) is 1. The van der Waals surface area contributed by atoms with Gasteiger partial charge in [-0.05, 0) is 78.9 Å². The summed E-state index contributed by atoms with van der Waals surface area (Å²) in [5.41, 5.74) is 9.66. The minimum absolute atomic E-state index is 0.0527. The van der Waals surface area contributed by atoms with E-state index in [0.29, 0.717) is 40.9 Å². The topological polar surface area (TPSA) is 148 Å². The van der Waals surface area contributed by atoms with Crippen LogP contribution in [0.25, 0.3) is 0 Å². The Morgan fingerprint density at radius 1 is 1.10 bits per heavy atom. The van der Waals surface area contributed by atoms with Crippen LogP contribution in [0.1, 0.15) is 59.4 Å². The van der Waals surface area contributed by atoms with Gasteiger partial charge in [-0.2, -0.15) is 0 Å². The minimum atomic E-state index is -3.71. The number of ether oxygens (including phenoxy) is 1. The number of rotatable bonds is 6. The van der Waals surface area contributed by atoms with E-state index in [1.165, 1.54) is 17.0 Å². The molecule has 4 bridgehead atoms. The molecule has 1 atom stereocenters. The van der Waals surface area contributed by atoms with Gasteiger partial charge in [-0.25, -0.2) is 13.2 Å². The maximum atomic E-state index is 14.1. The summed E-state index contributed by atoms with van der Waals surface area (Å²) >= 11 is 0. The summed E-state index contributed by atoms with van der Waals surface area (Å²) in [6.07, 6.45) is 0.499. The molecular weight excluding hydrogens is 556 g/mol. The van der Waals surface area contributed by atoms with Crippen molar-refractivity contribution in [2.24, 2.45) is 5.73 Å². The average Bonchev–Trinajstić information content (AvgIpc) is 2.95. The molecule has 222 valence electrons. The van der Waals surface area contributed by atoms with Crippen molar-refractivity contribution in [2.75, 3.05) is 24.3 Å². The Balaban J connectivity index is 1.83. The third kappa shape index (κ3) is 6.73. The molecule has 0 saturated heterocycles. The van der Waals surface area contributed by atoms with Crippen LogP contribution < -0.4 is 16.4 Å². The summed E-state index contributed by atoms with van der Waals surface area (Å²) in [6.45, 7) is 5.26. The lowest BCUT2D eigenvalue weighted by atomic mass is 9.95. The number of nitrogens with zero attached hydrogens (tertiary/aromatic N) is 1. The van der Waals surface area contributed by atoms with Gasteiger partial charge in [0.2, 0.25) is 11.8 Å². The van der Waals surface area contributed by atoms with E-state index >= 15 is 0 Å². The number of nitrogens with one attached hydrogen (secondary N) is 2. The van der Waals surface area contributed by atoms with Crippen molar-refractivity contribution in [1.82, 2.24) is 4.90 Å². The predicted octanol–water partition coefficient (Wildman–Crippen LogP) is 4.45. The van der Waals surface area contributed by atoms with Crippen molar-refractivity contribution in [3.8, 4) is 0 Å². The lowest BCUT2D eigenvalue weighted by Crippen LogP contribution is -2.35. The number of carbonyl (C=O) groups is 3. The molecule has 0 spiro atoms. The van der Waals surface area contributed by atoms with Crippen molar-refractivity contribution in [3.63, 3.8) is 0 Å². The molecule has 2 aliphatic heterocycles. The minimum Gasteiger partial charge on any atom is -0.449 e. The summed E-state index contributed by atoms with van der Waals surface area (Å²) in [5, 5.41) is 5.23. The van der Waals surface area contributed by atoms with Crippen LogP contribution in [-0.4, -0.2) is 50.1 Å². The number of primary amides is 1. The smallest absolute Gasteiger partial charge is 0.411 e. The van der Waals surface area contributed by atoms with Crippen LogP contribution in [-0.2, 0) is 38.8 Å². The number of nitrogens with two attached hydrogens (primary N) is 1. The summed E-state index contributed by atoms with van der Waals surface area (Å²) in [7, 11) is -2.12. The van der Waals surface area contributed by atoms with E-state index in [1.807, 2.05) is 25.1 Å². The number of fused-ring (bicyclic) bond motifs is 9. The second kappa shape index (κ2) is 12.6. The Labute approximate surface area is 246 Å². The maximum absolute atomic E-state index is 14.1. The van der Waals surface area contributed by atoms with Crippen molar-refractivity contribution in [2.45, 2.75) is 56.3 Å². The zero-order chi connectivity index (χ0) is 30.6. The van der Waals surface area contributed by atoms with Gasteiger partial charge in [0.05, 0.1) is 16.8 Å². The summed E-state index contributed by atoms with van der Waals surface area (Å²) in [5.74, 6) is -0.919. The van der Waals surface area contributed by atoms with Gasteiger partial charge in [0, 0.05) is 37.0 Å². The summed E-state index contributed by atoms with van der Waals surface area (Å²) in [4.78, 5) is 40.0. The normalized spacial score (nSPS) is 16.2. The predicted molar refractivity (Wildman–Crippen MR) is 161 cm³/mol. The standard InChI is InChI=1S/C31H36N4O6S/c1-5-20-15-22-10-9-21(20)13-14-41-31(38)34-26-11-12-27(42(39,40)19(2)3)24(17-26)18-35(4)30(37)28(22)33-25-8-6-7-23(16-25)29(32)36/h6-12,15-17,19,28,33H,5,13-14,18H2,1-4H3,(H2,32,36)(H,34,38). The van der Waals surface area contributed by atoms with Crippen LogP contribution in [0.15, 0.2) is 65.6 Å². The quantitative estimate of drug-likeness (QED) is 0.383. The molecule has 0 aliphatic carbocycles. The van der Waals surface area contributed by atoms with E-state index in [9.17, 15) is 22.8 Å². The molecule has 5 rings (SSSR count). The van der Waals surface area contributed by atoms with Gasteiger partial charge in [-0.1, -0.05) is 31.2 Å². The zero-order valence-electron chi connectivity index (χ0n) is 24.1. The van der Waals surface area contributed by atoms with Gasteiger partial charge >= 0.3 is 6.09 Å². The molecule has 3 aromatic rings. The fraction of sp³-hybridized carbons (Fsp3) is 0.323. The number of hydrogen-bond acceptors (Lipinski definition) is 7. The molecule has 4 N–H and O–H groups in total. The van der Waals surface area contributed by atoms with Gasteiger partial charge < -0.3 is 20.7 Å². The highest BCUT2D eigenvalue weighted by Crippen LogP contribution is 2.29. The Bertz CT molecular complexity index is 1620. The van der Waals surface area contributed by atoms with Gasteiger partial charge in [-0.15, -0.1) is 0 Å². The van der Waals surface area contributed by atoms with E-state index < -0.39 is 33.1 Å². The fourth-order valence-corrected chi connectivity index (χ4v) is 6.14. The average molecular weight is 593 g/mol. The Morgan fingerprint density at radius 3 is 2.55 bits per heavy atom. The first-order valence-electron chi connectivity index (χ1n) is 13.7. The highest BCUT2D eigenvalue weighted by molar-refractivity contribution is 7.92. The highest BCUT2D eigenvalue weighted by Gasteiger charge is 2.29. The first-order chi connectivity index (χ1) is 19.9. The van der Waals surface area contributed by atoms with Crippen molar-refractivity contribution < 1.29 is 27.5 Å². The van der Waals surface area contributed by atoms with Gasteiger partial charge in [0.25, 0.3) is 0 Å². The number of aryl methyl sites for hydroxylation is 1. The number of hydrogen-bond donors (Lipinski definition) is 3. The number of amides is 3. The maximum Gasteiger partial charge on any atom is 0.411 e. The molecule has 0 saturated carbocycles. The molecule has 3 aromatic carbocycles. The first-order valence-corrected chi connectivity index (χ1v) is 15.3. The molecule has 0 fully saturated rings. The van der Waals surface area contributed by atoms with Crippen LogP contribution >= 0.6 is 0 Å². The Morgan fingerprint density at radius 2 is 1.86 bits per heavy atom. The molecular formula is C31H36N4O6S. The lowest BCUT2D eigenvalue weighted by Gasteiger charge is -2.28. The largest absolute Gasteiger partial charge is 0.449 e. The van der Waals surface area contributed by atoms with Crippen LogP contribution in [0, 0.1) is 0 Å². The molecule has 2 heterocycles. The molecule has 3 amide bonds. The number of carbonyl (C=O) groups excluding carboxylic acids is 3. The van der Waals surface area contributed by atoms with E-state index in [2.05, 4.69) is 10.6 Å². The second-order valence-corrected chi connectivity index (χ2v) is 13.0. The van der Waals surface area contributed by atoms with E-state index in [-0.39, 0.29) is 24.0 Å². The van der Waals surface area contributed by atoms with Crippen LogP contribution in [0.2, 0.25) is 0 Å². The number of anilines is 2. The number of benzene rings is 3. The highest BCUT2D eigenvalue weighted by atomic mass is 32.2. The van der Waals surface area contributed by atoms with Crippen molar-refractivity contribution in [1.29, 1.82) is 0 Å². The van der Waals surface area contributed by atoms with E-state index in [4.69, 9.17) is 10.5 Å².